The molecule has 0 unspecified atom stereocenters. The number of hydrogen-bond donors (Lipinski definition) is 1. The number of unbranched alkanes of at least 4 members (excludes halogenated alkanes) is 5. The minimum atomic E-state index is 1.01. The lowest BCUT2D eigenvalue weighted by atomic mass is 10.1. The second-order valence-electron chi connectivity index (χ2n) is 3.98. The van der Waals surface area contributed by atoms with Crippen molar-refractivity contribution in [2.75, 3.05) is 0 Å². The Morgan fingerprint density at radius 1 is 0.923 bits per heavy atom. The van der Waals surface area contributed by atoms with E-state index in [4.69, 9.17) is 5.73 Å². The third kappa shape index (κ3) is 7.89. The fourth-order valence-electron chi connectivity index (χ4n) is 1.37. The van der Waals surface area contributed by atoms with Gasteiger partial charge in [0.25, 0.3) is 0 Å². The Labute approximate surface area is 83.4 Å². The van der Waals surface area contributed by atoms with Crippen molar-refractivity contribution in [3.05, 3.63) is 11.3 Å². The van der Waals surface area contributed by atoms with Crippen molar-refractivity contribution < 1.29 is 0 Å². The Morgan fingerprint density at radius 3 is 2.00 bits per heavy atom. The summed E-state index contributed by atoms with van der Waals surface area (Å²) >= 11 is 0. The summed E-state index contributed by atoms with van der Waals surface area (Å²) in [5.74, 6) is 0. The molecule has 0 aromatic rings. The Morgan fingerprint density at radius 2 is 1.46 bits per heavy atom. The van der Waals surface area contributed by atoms with Crippen LogP contribution in [-0.4, -0.2) is 0 Å². The molecule has 0 atom stereocenters. The van der Waals surface area contributed by atoms with Crippen LogP contribution in [0.4, 0.5) is 0 Å². The largest absolute Gasteiger partial charge is 0.402 e. The maximum Gasteiger partial charge on any atom is 0.00379 e. The zero-order valence-electron chi connectivity index (χ0n) is 9.53. The lowest BCUT2D eigenvalue weighted by Gasteiger charge is -2.03. The highest BCUT2D eigenvalue weighted by atomic mass is 14.6. The fraction of sp³-hybridized carbons (Fsp3) is 0.833. The lowest BCUT2D eigenvalue weighted by Crippen LogP contribution is -1.95. The third-order valence-corrected chi connectivity index (χ3v) is 2.58. The van der Waals surface area contributed by atoms with Gasteiger partial charge in [-0.25, -0.2) is 0 Å². The van der Waals surface area contributed by atoms with Gasteiger partial charge in [0.05, 0.1) is 0 Å². The molecule has 0 bridgehead atoms. The quantitative estimate of drug-likeness (QED) is 0.593. The van der Waals surface area contributed by atoms with Crippen molar-refractivity contribution in [1.29, 1.82) is 0 Å². The minimum absolute atomic E-state index is 1.01. The van der Waals surface area contributed by atoms with Gasteiger partial charge in [0.2, 0.25) is 0 Å². The van der Waals surface area contributed by atoms with Crippen molar-refractivity contribution in [1.82, 2.24) is 0 Å². The molecular weight excluding hydrogens is 158 g/mol. The van der Waals surface area contributed by atoms with E-state index in [-0.39, 0.29) is 0 Å². The molecule has 78 valence electrons. The molecule has 0 rings (SSSR count). The Kier molecular flexibility index (Phi) is 7.86. The summed E-state index contributed by atoms with van der Waals surface area (Å²) in [6.07, 6.45) is 9.39. The van der Waals surface area contributed by atoms with E-state index in [1.807, 2.05) is 6.92 Å². The number of rotatable bonds is 7. The molecule has 1 nitrogen and oxygen atoms in total. The molecule has 0 aliphatic carbocycles. The average Bonchev–Trinajstić information content (AvgIpc) is 2.10. The Balaban J connectivity index is 3.22. The van der Waals surface area contributed by atoms with Gasteiger partial charge in [-0.15, -0.1) is 0 Å². The van der Waals surface area contributed by atoms with Crippen LogP contribution in [0, 0.1) is 0 Å². The van der Waals surface area contributed by atoms with Crippen molar-refractivity contribution in [2.24, 2.45) is 5.73 Å². The first-order valence-electron chi connectivity index (χ1n) is 5.60. The smallest absolute Gasteiger partial charge is 0.00379 e. The third-order valence-electron chi connectivity index (χ3n) is 2.58. The first-order chi connectivity index (χ1) is 6.18. The van der Waals surface area contributed by atoms with Crippen LogP contribution in [0.3, 0.4) is 0 Å². The molecule has 0 saturated heterocycles. The van der Waals surface area contributed by atoms with Crippen LogP contribution in [-0.2, 0) is 0 Å². The predicted octanol–water partition coefficient (Wildman–Crippen LogP) is 3.99. The average molecular weight is 183 g/mol. The molecule has 0 amide bonds. The maximum absolute atomic E-state index is 5.68. The summed E-state index contributed by atoms with van der Waals surface area (Å²) in [6.45, 7) is 6.39. The first-order valence-corrected chi connectivity index (χ1v) is 5.60. The summed E-state index contributed by atoms with van der Waals surface area (Å²) in [4.78, 5) is 0. The highest BCUT2D eigenvalue weighted by Gasteiger charge is 1.94. The second kappa shape index (κ2) is 8.15. The van der Waals surface area contributed by atoms with Gasteiger partial charge >= 0.3 is 0 Å². The SMILES string of the molecule is CCCCCCCCC(C)=C(C)N. The minimum Gasteiger partial charge on any atom is -0.402 e. The van der Waals surface area contributed by atoms with Gasteiger partial charge in [0, 0.05) is 5.70 Å². The predicted molar refractivity (Wildman–Crippen MR) is 60.6 cm³/mol. The second-order valence-corrected chi connectivity index (χ2v) is 3.98. The topological polar surface area (TPSA) is 26.0 Å². The molecule has 0 spiro atoms. The molecule has 0 aromatic heterocycles. The van der Waals surface area contributed by atoms with Crippen LogP contribution in [0.2, 0.25) is 0 Å². The standard InChI is InChI=1S/C12H25N/c1-4-5-6-7-8-9-10-11(2)12(3)13/h4-10,13H2,1-3H3. The van der Waals surface area contributed by atoms with E-state index >= 15 is 0 Å². The molecule has 0 heterocycles. The van der Waals surface area contributed by atoms with Crippen LogP contribution < -0.4 is 5.73 Å². The van der Waals surface area contributed by atoms with Crippen molar-refractivity contribution >= 4 is 0 Å². The van der Waals surface area contributed by atoms with Crippen molar-refractivity contribution in [3.63, 3.8) is 0 Å². The van der Waals surface area contributed by atoms with Crippen LogP contribution >= 0.6 is 0 Å². The summed E-state index contributed by atoms with van der Waals surface area (Å²) in [5.41, 5.74) is 8.06. The molecule has 13 heavy (non-hydrogen) atoms. The van der Waals surface area contributed by atoms with E-state index in [0.717, 1.165) is 5.70 Å². The fourth-order valence-corrected chi connectivity index (χ4v) is 1.37. The van der Waals surface area contributed by atoms with Gasteiger partial charge in [-0.2, -0.15) is 0 Å². The molecular formula is C12H25N. The van der Waals surface area contributed by atoms with Crippen LogP contribution in [0.15, 0.2) is 11.3 Å². The normalized spacial score (nSPS) is 12.8. The summed E-state index contributed by atoms with van der Waals surface area (Å²) in [5, 5.41) is 0. The Bertz CT molecular complexity index is 143. The zero-order chi connectivity index (χ0) is 10.1. The molecule has 0 saturated carbocycles. The van der Waals surface area contributed by atoms with E-state index in [1.54, 1.807) is 0 Å². The molecule has 0 aliphatic rings. The molecule has 0 aromatic carbocycles. The Hall–Kier alpha value is -0.460. The van der Waals surface area contributed by atoms with E-state index in [1.165, 1.54) is 50.5 Å². The maximum atomic E-state index is 5.68. The highest BCUT2D eigenvalue weighted by molar-refractivity contribution is 5.04. The molecule has 0 aliphatic heterocycles. The van der Waals surface area contributed by atoms with Gasteiger partial charge in [-0.05, 0) is 26.7 Å². The van der Waals surface area contributed by atoms with E-state index in [0.29, 0.717) is 0 Å². The molecule has 1 heteroatoms. The number of hydrogen-bond acceptors (Lipinski definition) is 1. The summed E-state index contributed by atoms with van der Waals surface area (Å²) in [7, 11) is 0. The summed E-state index contributed by atoms with van der Waals surface area (Å²) in [6, 6.07) is 0. The van der Waals surface area contributed by atoms with E-state index in [2.05, 4.69) is 13.8 Å². The van der Waals surface area contributed by atoms with Crippen LogP contribution in [0.5, 0.6) is 0 Å². The zero-order valence-corrected chi connectivity index (χ0v) is 9.53. The van der Waals surface area contributed by atoms with E-state index < -0.39 is 0 Å². The van der Waals surface area contributed by atoms with Gasteiger partial charge in [0.1, 0.15) is 0 Å². The van der Waals surface area contributed by atoms with Gasteiger partial charge in [-0.1, -0.05) is 44.6 Å². The lowest BCUT2D eigenvalue weighted by molar-refractivity contribution is 0.605. The van der Waals surface area contributed by atoms with Gasteiger partial charge in [0.15, 0.2) is 0 Å². The molecule has 0 fully saturated rings. The number of nitrogens with two attached hydrogens (primary N) is 1. The highest BCUT2D eigenvalue weighted by Crippen LogP contribution is 2.12. The number of allylic oxidation sites excluding steroid dienone is 2. The van der Waals surface area contributed by atoms with Crippen molar-refractivity contribution in [3.8, 4) is 0 Å². The van der Waals surface area contributed by atoms with Gasteiger partial charge in [-0.3, -0.25) is 0 Å². The first kappa shape index (κ1) is 12.5. The van der Waals surface area contributed by atoms with Crippen LogP contribution in [0.1, 0.15) is 65.7 Å². The monoisotopic (exact) mass is 183 g/mol. The summed E-state index contributed by atoms with van der Waals surface area (Å²) < 4.78 is 0. The molecule has 2 N–H and O–H groups in total. The van der Waals surface area contributed by atoms with Crippen molar-refractivity contribution in [2.45, 2.75) is 65.7 Å². The van der Waals surface area contributed by atoms with E-state index in [9.17, 15) is 0 Å². The van der Waals surface area contributed by atoms with Gasteiger partial charge < -0.3 is 5.73 Å². The van der Waals surface area contributed by atoms with Crippen LogP contribution in [0.25, 0.3) is 0 Å². The molecule has 0 radical (unpaired) electrons.